The molecule has 3 atom stereocenters. The highest BCUT2D eigenvalue weighted by atomic mass is 16.6. The van der Waals surface area contributed by atoms with Gasteiger partial charge in [0.1, 0.15) is 0 Å². The molecular formula is C8H14O2. The Kier molecular flexibility index (Phi) is 2.11. The summed E-state index contributed by atoms with van der Waals surface area (Å²) in [4.78, 5) is 0. The van der Waals surface area contributed by atoms with E-state index in [2.05, 4.69) is 6.58 Å². The number of aliphatic hydroxyl groups excluding tert-OH is 1. The van der Waals surface area contributed by atoms with Crippen molar-refractivity contribution in [3.63, 3.8) is 0 Å². The van der Waals surface area contributed by atoms with Crippen LogP contribution >= 0.6 is 0 Å². The third kappa shape index (κ3) is 1.22. The van der Waals surface area contributed by atoms with Crippen LogP contribution in [0.4, 0.5) is 0 Å². The van der Waals surface area contributed by atoms with E-state index >= 15 is 0 Å². The molecule has 1 fully saturated rings. The number of hydrogen-bond acceptors (Lipinski definition) is 2. The molecule has 0 bridgehead atoms. The molecule has 0 saturated carbocycles. The zero-order chi connectivity index (χ0) is 7.72. The van der Waals surface area contributed by atoms with Gasteiger partial charge in [-0.1, -0.05) is 19.1 Å². The third-order valence-electron chi connectivity index (χ3n) is 2.16. The molecule has 1 heterocycles. The number of rotatable bonds is 1. The van der Waals surface area contributed by atoms with E-state index in [-0.39, 0.29) is 5.92 Å². The van der Waals surface area contributed by atoms with Gasteiger partial charge in [-0.25, -0.2) is 0 Å². The molecule has 0 spiro atoms. The Labute approximate surface area is 61.5 Å². The van der Waals surface area contributed by atoms with Gasteiger partial charge >= 0.3 is 0 Å². The Balaban J connectivity index is 2.57. The van der Waals surface area contributed by atoms with Crippen molar-refractivity contribution in [3.05, 3.63) is 12.2 Å². The molecule has 0 aromatic carbocycles. The Bertz CT molecular complexity index is 142. The number of aliphatic hydroxyl groups is 1. The summed E-state index contributed by atoms with van der Waals surface area (Å²) in [6, 6.07) is 0. The van der Waals surface area contributed by atoms with E-state index < -0.39 is 6.29 Å². The highest BCUT2D eigenvalue weighted by molar-refractivity contribution is 5.00. The highest BCUT2D eigenvalue weighted by Crippen LogP contribution is 2.29. The van der Waals surface area contributed by atoms with Crippen molar-refractivity contribution >= 4 is 0 Å². The minimum absolute atomic E-state index is 0.206. The van der Waals surface area contributed by atoms with E-state index in [0.717, 1.165) is 5.57 Å². The zero-order valence-electron chi connectivity index (χ0n) is 6.50. The van der Waals surface area contributed by atoms with Gasteiger partial charge in [-0.15, -0.1) is 0 Å². The Hall–Kier alpha value is -0.340. The summed E-state index contributed by atoms with van der Waals surface area (Å²) in [6.07, 6.45) is -0.582. The molecule has 0 unspecified atom stereocenters. The molecule has 1 aliphatic rings. The SMILES string of the molecule is C=C(C)[C@H]1CO[C@H](O)[C@H]1C. The van der Waals surface area contributed by atoms with Gasteiger partial charge in [0.15, 0.2) is 6.29 Å². The Morgan fingerprint density at radius 1 is 1.70 bits per heavy atom. The van der Waals surface area contributed by atoms with Crippen LogP contribution in [0.5, 0.6) is 0 Å². The van der Waals surface area contributed by atoms with Crippen molar-refractivity contribution in [2.24, 2.45) is 11.8 Å². The molecule has 0 amide bonds. The fourth-order valence-electron chi connectivity index (χ4n) is 1.30. The number of ether oxygens (including phenoxy) is 1. The third-order valence-corrected chi connectivity index (χ3v) is 2.16. The largest absolute Gasteiger partial charge is 0.368 e. The Morgan fingerprint density at radius 2 is 2.30 bits per heavy atom. The van der Waals surface area contributed by atoms with Crippen molar-refractivity contribution in [3.8, 4) is 0 Å². The summed E-state index contributed by atoms with van der Waals surface area (Å²) in [5.74, 6) is 0.549. The van der Waals surface area contributed by atoms with Gasteiger partial charge in [0.05, 0.1) is 6.61 Å². The maximum atomic E-state index is 9.15. The molecule has 0 radical (unpaired) electrons. The van der Waals surface area contributed by atoms with E-state index in [1.807, 2.05) is 13.8 Å². The van der Waals surface area contributed by atoms with Crippen LogP contribution < -0.4 is 0 Å². The molecule has 58 valence electrons. The molecule has 1 aliphatic heterocycles. The van der Waals surface area contributed by atoms with E-state index in [1.54, 1.807) is 0 Å². The molecule has 1 N–H and O–H groups in total. The minimum atomic E-state index is -0.582. The summed E-state index contributed by atoms with van der Waals surface area (Å²) < 4.78 is 5.03. The van der Waals surface area contributed by atoms with Gasteiger partial charge in [0.25, 0.3) is 0 Å². The fraction of sp³-hybridized carbons (Fsp3) is 0.750. The maximum Gasteiger partial charge on any atom is 0.157 e. The van der Waals surface area contributed by atoms with Gasteiger partial charge < -0.3 is 9.84 Å². The van der Waals surface area contributed by atoms with Gasteiger partial charge in [0, 0.05) is 11.8 Å². The van der Waals surface area contributed by atoms with Crippen molar-refractivity contribution in [2.45, 2.75) is 20.1 Å². The van der Waals surface area contributed by atoms with Gasteiger partial charge in [-0.3, -0.25) is 0 Å². The molecule has 1 saturated heterocycles. The summed E-state index contributed by atoms with van der Waals surface area (Å²) in [5, 5.41) is 9.15. The van der Waals surface area contributed by atoms with Crippen LogP contribution in [0.1, 0.15) is 13.8 Å². The van der Waals surface area contributed by atoms with Crippen LogP contribution in [0.15, 0.2) is 12.2 Å². The van der Waals surface area contributed by atoms with Gasteiger partial charge in [0.2, 0.25) is 0 Å². The molecule has 0 aromatic heterocycles. The first-order chi connectivity index (χ1) is 4.63. The average Bonchev–Trinajstić information content (AvgIpc) is 2.14. The fourth-order valence-corrected chi connectivity index (χ4v) is 1.30. The lowest BCUT2D eigenvalue weighted by Gasteiger charge is -2.13. The lowest BCUT2D eigenvalue weighted by Crippen LogP contribution is -2.16. The normalized spacial score (nSPS) is 40.1. The second kappa shape index (κ2) is 2.72. The predicted octanol–water partition coefficient (Wildman–Crippen LogP) is 1.16. The summed E-state index contributed by atoms with van der Waals surface area (Å²) in [7, 11) is 0. The van der Waals surface area contributed by atoms with Crippen LogP contribution in [0.2, 0.25) is 0 Å². The predicted molar refractivity (Wildman–Crippen MR) is 39.4 cm³/mol. The first-order valence-electron chi connectivity index (χ1n) is 3.58. The molecule has 2 heteroatoms. The lowest BCUT2D eigenvalue weighted by atomic mass is 9.91. The maximum absolute atomic E-state index is 9.15. The Morgan fingerprint density at radius 3 is 2.50 bits per heavy atom. The van der Waals surface area contributed by atoms with Crippen molar-refractivity contribution < 1.29 is 9.84 Å². The quantitative estimate of drug-likeness (QED) is 0.557. The molecule has 0 aromatic rings. The smallest absolute Gasteiger partial charge is 0.157 e. The van der Waals surface area contributed by atoms with Crippen LogP contribution in [0.25, 0.3) is 0 Å². The van der Waals surface area contributed by atoms with Gasteiger partial charge in [-0.05, 0) is 6.92 Å². The second-order valence-corrected chi connectivity index (χ2v) is 3.04. The minimum Gasteiger partial charge on any atom is -0.368 e. The summed E-state index contributed by atoms with van der Waals surface area (Å²) in [6.45, 7) is 8.41. The monoisotopic (exact) mass is 142 g/mol. The lowest BCUT2D eigenvalue weighted by molar-refractivity contribution is -0.0786. The second-order valence-electron chi connectivity index (χ2n) is 3.04. The van der Waals surface area contributed by atoms with Crippen LogP contribution in [-0.4, -0.2) is 18.0 Å². The topological polar surface area (TPSA) is 29.5 Å². The highest BCUT2D eigenvalue weighted by Gasteiger charge is 2.32. The standard InChI is InChI=1S/C8H14O2/c1-5(2)7-4-10-8(9)6(7)3/h6-9H,1,4H2,2-3H3/t6-,7+,8-/m0/s1. The molecule has 10 heavy (non-hydrogen) atoms. The molecular weight excluding hydrogens is 128 g/mol. The summed E-state index contributed by atoms with van der Waals surface area (Å²) >= 11 is 0. The van der Waals surface area contributed by atoms with E-state index in [4.69, 9.17) is 9.84 Å². The number of hydrogen-bond donors (Lipinski definition) is 1. The molecule has 0 aliphatic carbocycles. The average molecular weight is 142 g/mol. The van der Waals surface area contributed by atoms with Crippen LogP contribution in [-0.2, 0) is 4.74 Å². The first kappa shape index (κ1) is 7.76. The van der Waals surface area contributed by atoms with Crippen molar-refractivity contribution in [1.29, 1.82) is 0 Å². The van der Waals surface area contributed by atoms with Crippen LogP contribution in [0, 0.1) is 11.8 Å². The summed E-state index contributed by atoms with van der Waals surface area (Å²) in [5.41, 5.74) is 1.10. The zero-order valence-corrected chi connectivity index (χ0v) is 6.50. The molecule has 1 rings (SSSR count). The molecule has 2 nitrogen and oxygen atoms in total. The van der Waals surface area contributed by atoms with Crippen LogP contribution in [0.3, 0.4) is 0 Å². The van der Waals surface area contributed by atoms with E-state index in [9.17, 15) is 0 Å². The van der Waals surface area contributed by atoms with E-state index in [1.165, 1.54) is 0 Å². The first-order valence-corrected chi connectivity index (χ1v) is 3.58. The van der Waals surface area contributed by atoms with Crippen molar-refractivity contribution in [1.82, 2.24) is 0 Å². The van der Waals surface area contributed by atoms with E-state index in [0.29, 0.717) is 12.5 Å². The van der Waals surface area contributed by atoms with Crippen molar-refractivity contribution in [2.75, 3.05) is 6.61 Å². The van der Waals surface area contributed by atoms with Gasteiger partial charge in [-0.2, -0.15) is 0 Å².